The highest BCUT2D eigenvalue weighted by atomic mass is 32.2. The molecule has 0 unspecified atom stereocenters. The zero-order valence-corrected chi connectivity index (χ0v) is 12.5. The average molecular weight is 286 g/mol. The first-order chi connectivity index (χ1) is 9.65. The Morgan fingerprint density at radius 3 is 2.70 bits per heavy atom. The molecule has 4 heteroatoms. The molecule has 3 nitrogen and oxygen atoms in total. The van der Waals surface area contributed by atoms with Gasteiger partial charge < -0.3 is 5.32 Å². The molecule has 1 N–H and O–H groups in total. The van der Waals surface area contributed by atoms with Crippen molar-refractivity contribution in [3.8, 4) is 0 Å². The van der Waals surface area contributed by atoms with E-state index in [9.17, 15) is 4.79 Å². The summed E-state index contributed by atoms with van der Waals surface area (Å²) in [6.07, 6.45) is 1.81. The zero-order chi connectivity index (χ0) is 14.4. The van der Waals surface area contributed by atoms with Gasteiger partial charge in [-0.05, 0) is 36.6 Å². The third-order valence-corrected chi connectivity index (χ3v) is 3.92. The van der Waals surface area contributed by atoms with E-state index in [4.69, 9.17) is 0 Å². The molecule has 1 heterocycles. The molecule has 104 valence electrons. The van der Waals surface area contributed by atoms with Crippen LogP contribution in [-0.2, 0) is 11.3 Å². The molecule has 0 aliphatic heterocycles. The summed E-state index contributed by atoms with van der Waals surface area (Å²) in [4.78, 5) is 16.1. The molecule has 0 saturated carbocycles. The number of carbonyl (C=O) groups excluding carboxylic acids is 1. The lowest BCUT2D eigenvalue weighted by Crippen LogP contribution is -2.24. The molecule has 0 radical (unpaired) electrons. The number of hydrogen-bond donors (Lipinski definition) is 1. The van der Waals surface area contributed by atoms with Crippen LogP contribution in [0.3, 0.4) is 0 Å². The van der Waals surface area contributed by atoms with Gasteiger partial charge in [-0.2, -0.15) is 0 Å². The van der Waals surface area contributed by atoms with E-state index in [1.165, 1.54) is 17.3 Å². The zero-order valence-electron chi connectivity index (χ0n) is 11.7. The third kappa shape index (κ3) is 4.38. The Morgan fingerprint density at radius 1 is 1.20 bits per heavy atom. The lowest BCUT2D eigenvalue weighted by atomic mass is 10.1. The molecule has 2 rings (SSSR count). The predicted octanol–water partition coefficient (Wildman–Crippen LogP) is 3.11. The maximum absolute atomic E-state index is 11.8. The first-order valence-electron chi connectivity index (χ1n) is 6.52. The van der Waals surface area contributed by atoms with Gasteiger partial charge in [0.1, 0.15) is 0 Å². The minimum absolute atomic E-state index is 0.0284. The van der Waals surface area contributed by atoms with Gasteiger partial charge in [0.2, 0.25) is 5.91 Å². The van der Waals surface area contributed by atoms with Crippen molar-refractivity contribution < 1.29 is 4.79 Å². The van der Waals surface area contributed by atoms with Crippen molar-refractivity contribution in [2.24, 2.45) is 0 Å². The standard InChI is InChI=1S/C16H18N2OS/c1-12-7-8-16(18-9-12)20-11-15(19)17-10-14-6-4-3-5-13(14)2/h3-9H,10-11H2,1-2H3,(H,17,19). The van der Waals surface area contributed by atoms with Crippen LogP contribution in [-0.4, -0.2) is 16.6 Å². The fourth-order valence-corrected chi connectivity index (χ4v) is 2.40. The summed E-state index contributed by atoms with van der Waals surface area (Å²) in [5.74, 6) is 0.419. The second-order valence-electron chi connectivity index (χ2n) is 4.67. The monoisotopic (exact) mass is 286 g/mol. The normalized spacial score (nSPS) is 10.3. The van der Waals surface area contributed by atoms with Crippen molar-refractivity contribution in [1.29, 1.82) is 0 Å². The van der Waals surface area contributed by atoms with E-state index < -0.39 is 0 Å². The smallest absolute Gasteiger partial charge is 0.230 e. The predicted molar refractivity (Wildman–Crippen MR) is 82.7 cm³/mol. The Hall–Kier alpha value is -1.81. The van der Waals surface area contributed by atoms with Gasteiger partial charge in [0.05, 0.1) is 10.8 Å². The minimum atomic E-state index is 0.0284. The molecule has 1 aromatic heterocycles. The number of benzene rings is 1. The van der Waals surface area contributed by atoms with E-state index in [0.717, 1.165) is 16.2 Å². The van der Waals surface area contributed by atoms with Crippen molar-refractivity contribution in [3.63, 3.8) is 0 Å². The number of amides is 1. The quantitative estimate of drug-likeness (QED) is 0.859. The molecule has 0 fully saturated rings. The van der Waals surface area contributed by atoms with Crippen molar-refractivity contribution in [2.45, 2.75) is 25.4 Å². The van der Waals surface area contributed by atoms with Gasteiger partial charge >= 0.3 is 0 Å². The Labute approximate surface area is 123 Å². The first kappa shape index (κ1) is 14.6. The molecule has 0 saturated heterocycles. The van der Waals surface area contributed by atoms with Crippen LogP contribution in [0.15, 0.2) is 47.6 Å². The number of aryl methyl sites for hydroxylation is 2. The molecule has 2 aromatic rings. The lowest BCUT2D eigenvalue weighted by molar-refractivity contribution is -0.118. The van der Waals surface area contributed by atoms with E-state index >= 15 is 0 Å². The maximum Gasteiger partial charge on any atom is 0.230 e. The van der Waals surface area contributed by atoms with Gasteiger partial charge in [-0.15, -0.1) is 0 Å². The molecule has 0 spiro atoms. The highest BCUT2D eigenvalue weighted by Gasteiger charge is 2.04. The summed E-state index contributed by atoms with van der Waals surface area (Å²) in [5, 5.41) is 3.81. The van der Waals surface area contributed by atoms with Crippen LogP contribution in [0.2, 0.25) is 0 Å². The van der Waals surface area contributed by atoms with Gasteiger partial charge in [-0.25, -0.2) is 4.98 Å². The molecule has 0 bridgehead atoms. The van der Waals surface area contributed by atoms with Crippen molar-refractivity contribution in [1.82, 2.24) is 10.3 Å². The number of nitrogens with one attached hydrogen (secondary N) is 1. The third-order valence-electron chi connectivity index (χ3n) is 2.97. The number of hydrogen-bond acceptors (Lipinski definition) is 3. The molecule has 20 heavy (non-hydrogen) atoms. The Kier molecular flexibility index (Phi) is 5.18. The van der Waals surface area contributed by atoms with Gasteiger partial charge in [-0.1, -0.05) is 42.1 Å². The summed E-state index contributed by atoms with van der Waals surface area (Å²) in [5.41, 5.74) is 3.47. The molecule has 1 amide bonds. The highest BCUT2D eigenvalue weighted by molar-refractivity contribution is 7.99. The van der Waals surface area contributed by atoms with Crippen LogP contribution < -0.4 is 5.32 Å². The van der Waals surface area contributed by atoms with Crippen LogP contribution in [0, 0.1) is 13.8 Å². The van der Waals surface area contributed by atoms with Gasteiger partial charge in [0, 0.05) is 12.7 Å². The second-order valence-corrected chi connectivity index (χ2v) is 5.66. The highest BCUT2D eigenvalue weighted by Crippen LogP contribution is 2.14. The minimum Gasteiger partial charge on any atom is -0.351 e. The van der Waals surface area contributed by atoms with E-state index in [1.54, 1.807) is 0 Å². The molecular weight excluding hydrogens is 268 g/mol. The maximum atomic E-state index is 11.8. The van der Waals surface area contributed by atoms with Crippen molar-refractivity contribution in [3.05, 3.63) is 59.3 Å². The number of nitrogens with zero attached hydrogens (tertiary/aromatic N) is 1. The summed E-state index contributed by atoms with van der Waals surface area (Å²) in [6, 6.07) is 12.0. The Bertz CT molecular complexity index is 581. The molecule has 0 aliphatic rings. The van der Waals surface area contributed by atoms with Crippen molar-refractivity contribution in [2.75, 3.05) is 5.75 Å². The largest absolute Gasteiger partial charge is 0.351 e. The molecule has 0 aliphatic carbocycles. The van der Waals surface area contributed by atoms with Gasteiger partial charge in [0.25, 0.3) is 0 Å². The van der Waals surface area contributed by atoms with Crippen LogP contribution in [0.25, 0.3) is 0 Å². The van der Waals surface area contributed by atoms with E-state index in [1.807, 2.05) is 56.4 Å². The first-order valence-corrected chi connectivity index (χ1v) is 7.50. The van der Waals surface area contributed by atoms with E-state index in [2.05, 4.69) is 10.3 Å². The SMILES string of the molecule is Cc1ccc(SCC(=O)NCc2ccccc2C)nc1. The van der Waals surface area contributed by atoms with Crippen molar-refractivity contribution >= 4 is 17.7 Å². The topological polar surface area (TPSA) is 42.0 Å². The number of rotatable bonds is 5. The number of carbonyl (C=O) groups is 1. The van der Waals surface area contributed by atoms with Gasteiger partial charge in [0.15, 0.2) is 0 Å². The molecular formula is C16H18N2OS. The fraction of sp³-hybridized carbons (Fsp3) is 0.250. The molecule has 0 atom stereocenters. The summed E-state index contributed by atoms with van der Waals surface area (Å²) in [6.45, 7) is 4.62. The molecule has 1 aromatic carbocycles. The Morgan fingerprint density at radius 2 is 2.00 bits per heavy atom. The fourth-order valence-electron chi connectivity index (χ4n) is 1.73. The van der Waals surface area contributed by atoms with Crippen LogP contribution in [0.4, 0.5) is 0 Å². The second kappa shape index (κ2) is 7.10. The Balaban J connectivity index is 1.78. The van der Waals surface area contributed by atoms with E-state index in [-0.39, 0.29) is 5.91 Å². The summed E-state index contributed by atoms with van der Waals surface area (Å²) >= 11 is 1.45. The average Bonchev–Trinajstić information content (AvgIpc) is 2.46. The lowest BCUT2D eigenvalue weighted by Gasteiger charge is -2.07. The van der Waals surface area contributed by atoms with E-state index in [0.29, 0.717) is 12.3 Å². The number of pyridine rings is 1. The van der Waals surface area contributed by atoms with Crippen LogP contribution >= 0.6 is 11.8 Å². The van der Waals surface area contributed by atoms with Crippen LogP contribution in [0.5, 0.6) is 0 Å². The number of thioether (sulfide) groups is 1. The van der Waals surface area contributed by atoms with Crippen LogP contribution in [0.1, 0.15) is 16.7 Å². The number of aromatic nitrogens is 1. The van der Waals surface area contributed by atoms with Gasteiger partial charge in [-0.3, -0.25) is 4.79 Å². The summed E-state index contributed by atoms with van der Waals surface area (Å²) in [7, 11) is 0. The summed E-state index contributed by atoms with van der Waals surface area (Å²) < 4.78 is 0.